The largest absolute Gasteiger partial charge is 0.390 e. The predicted octanol–water partition coefficient (Wildman–Crippen LogP) is 2.45. The summed E-state index contributed by atoms with van der Waals surface area (Å²) in [6.45, 7) is -2.68. The van der Waals surface area contributed by atoms with Gasteiger partial charge in [-0.2, -0.15) is 47.8 Å². The third kappa shape index (κ3) is 2.08. The van der Waals surface area contributed by atoms with Crippen LogP contribution < -0.4 is 0 Å². The van der Waals surface area contributed by atoms with Gasteiger partial charge in [0.1, 0.15) is 6.61 Å². The van der Waals surface area contributed by atoms with E-state index in [4.69, 9.17) is 5.11 Å². The van der Waals surface area contributed by atoms with E-state index in [1.807, 2.05) is 0 Å². The molecule has 10 heteroatoms. The summed E-state index contributed by atoms with van der Waals surface area (Å²) >= 11 is 2.68. The first-order chi connectivity index (χ1) is 6.87. The molecule has 0 aliphatic heterocycles. The van der Waals surface area contributed by atoms with Gasteiger partial charge in [-0.25, -0.2) is 0 Å². The maximum absolute atomic E-state index is 12.5. The second-order valence-electron chi connectivity index (χ2n) is 2.87. The topological polar surface area (TPSA) is 20.2 Å². The lowest BCUT2D eigenvalue weighted by atomic mass is 10.00. The van der Waals surface area contributed by atoms with E-state index in [-0.39, 0.29) is 0 Å². The van der Waals surface area contributed by atoms with Crippen LogP contribution in [-0.4, -0.2) is 41.2 Å². The molecule has 0 aliphatic carbocycles. The molecule has 0 aromatic rings. The molecule has 0 spiro atoms. The number of aliphatic hydroxyl groups is 1. The van der Waals surface area contributed by atoms with E-state index in [1.54, 1.807) is 0 Å². The van der Waals surface area contributed by atoms with Gasteiger partial charge in [0.05, 0.1) is 5.75 Å². The molecular weight excluding hydrogens is 272 g/mol. The summed E-state index contributed by atoms with van der Waals surface area (Å²) in [6.07, 6.45) is 0. The summed E-state index contributed by atoms with van der Waals surface area (Å²) in [5.41, 5.74) is 0. The molecule has 0 unspecified atom stereocenters. The fourth-order valence-corrected chi connectivity index (χ4v) is 0.857. The number of alkyl halides is 8. The highest BCUT2D eigenvalue weighted by Crippen LogP contribution is 2.52. The van der Waals surface area contributed by atoms with Crippen LogP contribution in [0.5, 0.6) is 0 Å². The highest BCUT2D eigenvalue weighted by Gasteiger charge is 2.79. The van der Waals surface area contributed by atoms with Gasteiger partial charge in [0.2, 0.25) is 0 Å². The predicted molar refractivity (Wildman–Crippen MR) is 40.7 cm³/mol. The number of thiol groups is 1. The summed E-state index contributed by atoms with van der Waals surface area (Å²) in [7, 11) is 0. The lowest BCUT2D eigenvalue weighted by Gasteiger charge is -2.35. The number of halogens is 8. The number of hydrogen-bond donors (Lipinski definition) is 2. The van der Waals surface area contributed by atoms with Crippen molar-refractivity contribution in [3.05, 3.63) is 0 Å². The highest BCUT2D eigenvalue weighted by molar-refractivity contribution is 7.80. The normalized spacial score (nSPS) is 15.4. The molecule has 0 fully saturated rings. The van der Waals surface area contributed by atoms with Crippen LogP contribution in [0.2, 0.25) is 0 Å². The molecule has 0 bridgehead atoms. The quantitative estimate of drug-likeness (QED) is 0.584. The molecule has 0 saturated carbocycles. The molecule has 0 heterocycles. The van der Waals surface area contributed by atoms with Gasteiger partial charge in [-0.05, 0) is 0 Å². The third-order valence-electron chi connectivity index (χ3n) is 1.71. The van der Waals surface area contributed by atoms with Crippen LogP contribution in [-0.2, 0) is 0 Å². The molecule has 16 heavy (non-hydrogen) atoms. The Labute approximate surface area is 89.8 Å². The van der Waals surface area contributed by atoms with Gasteiger partial charge >= 0.3 is 23.7 Å². The maximum Gasteiger partial charge on any atom is 0.380 e. The Morgan fingerprint density at radius 2 is 1.06 bits per heavy atom. The molecule has 0 aromatic carbocycles. The molecule has 0 atom stereocenters. The van der Waals surface area contributed by atoms with Crippen molar-refractivity contribution < 1.29 is 40.2 Å². The molecule has 0 radical (unpaired) electrons. The standard InChI is InChI=1S/C6H6F8OS/c7-3(8,1-15)5(11,12)6(13,14)4(9,10)2-16/h15-16H,1-2H2. The molecule has 1 nitrogen and oxygen atoms in total. The van der Waals surface area contributed by atoms with E-state index in [0.29, 0.717) is 0 Å². The molecule has 0 saturated heterocycles. The monoisotopic (exact) mass is 278 g/mol. The van der Waals surface area contributed by atoms with Crippen molar-refractivity contribution in [1.29, 1.82) is 0 Å². The van der Waals surface area contributed by atoms with E-state index >= 15 is 0 Å². The highest BCUT2D eigenvalue weighted by atomic mass is 32.1. The van der Waals surface area contributed by atoms with E-state index in [1.165, 1.54) is 0 Å². The fraction of sp³-hybridized carbons (Fsp3) is 1.00. The van der Waals surface area contributed by atoms with Crippen molar-refractivity contribution in [2.75, 3.05) is 12.4 Å². The summed E-state index contributed by atoms with van der Waals surface area (Å²) in [6, 6.07) is 0. The lowest BCUT2D eigenvalue weighted by molar-refractivity contribution is -0.365. The molecule has 0 aromatic heterocycles. The van der Waals surface area contributed by atoms with E-state index in [0.717, 1.165) is 0 Å². The number of hydrogen-bond acceptors (Lipinski definition) is 2. The van der Waals surface area contributed by atoms with Gasteiger partial charge in [-0.15, -0.1) is 0 Å². The van der Waals surface area contributed by atoms with Gasteiger partial charge in [0.25, 0.3) is 0 Å². The second-order valence-corrected chi connectivity index (χ2v) is 3.19. The van der Waals surface area contributed by atoms with Crippen LogP contribution in [0.25, 0.3) is 0 Å². The van der Waals surface area contributed by atoms with Crippen LogP contribution in [0.4, 0.5) is 35.1 Å². The Kier molecular flexibility index (Phi) is 4.14. The van der Waals surface area contributed by atoms with Gasteiger partial charge in [0, 0.05) is 0 Å². The Morgan fingerprint density at radius 1 is 0.750 bits per heavy atom. The summed E-state index contributed by atoms with van der Waals surface area (Å²) in [5, 5.41) is 7.80. The Hall–Kier alpha value is -0.250. The minimum Gasteiger partial charge on any atom is -0.390 e. The van der Waals surface area contributed by atoms with Crippen LogP contribution in [0.15, 0.2) is 0 Å². The first-order valence-corrected chi connectivity index (χ1v) is 4.23. The van der Waals surface area contributed by atoms with Crippen LogP contribution in [0.1, 0.15) is 0 Å². The van der Waals surface area contributed by atoms with Gasteiger partial charge < -0.3 is 5.11 Å². The first-order valence-electron chi connectivity index (χ1n) is 3.60. The van der Waals surface area contributed by atoms with Crippen LogP contribution in [0, 0.1) is 0 Å². The van der Waals surface area contributed by atoms with Crippen LogP contribution >= 0.6 is 12.6 Å². The van der Waals surface area contributed by atoms with Crippen molar-refractivity contribution >= 4 is 12.6 Å². The van der Waals surface area contributed by atoms with E-state index in [2.05, 4.69) is 12.6 Å². The summed E-state index contributed by atoms with van der Waals surface area (Å²) in [4.78, 5) is 0. The van der Waals surface area contributed by atoms with Crippen molar-refractivity contribution in [2.45, 2.75) is 23.7 Å². The van der Waals surface area contributed by atoms with Gasteiger partial charge in [-0.3, -0.25) is 0 Å². The molecule has 0 amide bonds. The Balaban J connectivity index is 5.46. The Bertz CT molecular complexity index is 227. The smallest absolute Gasteiger partial charge is 0.380 e. The van der Waals surface area contributed by atoms with Gasteiger partial charge in [-0.1, -0.05) is 0 Å². The number of aliphatic hydroxyl groups excluding tert-OH is 1. The van der Waals surface area contributed by atoms with Crippen LogP contribution in [0.3, 0.4) is 0 Å². The lowest BCUT2D eigenvalue weighted by Crippen LogP contribution is -2.63. The first kappa shape index (κ1) is 15.8. The SMILES string of the molecule is OCC(F)(F)C(F)(F)C(F)(F)C(F)(F)CS. The molecule has 0 rings (SSSR count). The minimum atomic E-state index is -6.39. The molecule has 0 aliphatic rings. The zero-order valence-corrected chi connectivity index (χ0v) is 8.23. The van der Waals surface area contributed by atoms with Crippen molar-refractivity contribution in [2.24, 2.45) is 0 Å². The van der Waals surface area contributed by atoms with Gasteiger partial charge in [0.15, 0.2) is 0 Å². The van der Waals surface area contributed by atoms with Crippen molar-refractivity contribution in [1.82, 2.24) is 0 Å². The zero-order valence-electron chi connectivity index (χ0n) is 7.33. The fourth-order valence-electron chi connectivity index (χ4n) is 0.658. The van der Waals surface area contributed by atoms with Crippen molar-refractivity contribution in [3.63, 3.8) is 0 Å². The zero-order chi connectivity index (χ0) is 13.4. The number of rotatable bonds is 5. The average Bonchev–Trinajstić information content (AvgIpc) is 2.16. The van der Waals surface area contributed by atoms with Crippen molar-refractivity contribution in [3.8, 4) is 0 Å². The molecule has 1 N–H and O–H groups in total. The van der Waals surface area contributed by atoms with E-state index < -0.39 is 36.0 Å². The Morgan fingerprint density at radius 3 is 1.31 bits per heavy atom. The maximum atomic E-state index is 12.5. The summed E-state index contributed by atoms with van der Waals surface area (Å²) < 4.78 is 99.3. The summed E-state index contributed by atoms with van der Waals surface area (Å²) in [5.74, 6) is -25.9. The molecule has 98 valence electrons. The third-order valence-corrected chi connectivity index (χ3v) is 2.11. The molecular formula is C6H6F8OS. The second kappa shape index (κ2) is 4.21. The average molecular weight is 278 g/mol. The minimum absolute atomic E-state index is 2.04. The van der Waals surface area contributed by atoms with E-state index in [9.17, 15) is 35.1 Å².